The average Bonchev–Trinajstić information content (AvgIpc) is 2.86. The normalized spacial score (nSPS) is 30.9. The van der Waals surface area contributed by atoms with Crippen molar-refractivity contribution < 1.29 is 14.3 Å². The van der Waals surface area contributed by atoms with Gasteiger partial charge in [-0.05, 0) is 31.6 Å². The van der Waals surface area contributed by atoms with E-state index in [1.54, 1.807) is 0 Å². The number of carbonyl (C=O) groups excluding carboxylic acids is 1. The van der Waals surface area contributed by atoms with Crippen molar-refractivity contribution >= 4 is 14.1 Å². The second-order valence-electron chi connectivity index (χ2n) is 9.44. The van der Waals surface area contributed by atoms with Gasteiger partial charge in [-0.15, -0.1) is 0 Å². The highest BCUT2D eigenvalue weighted by atomic mass is 28.4. The third-order valence-corrected chi connectivity index (χ3v) is 11.4. The van der Waals surface area contributed by atoms with Crippen molar-refractivity contribution in [2.75, 3.05) is 7.05 Å². The van der Waals surface area contributed by atoms with Gasteiger partial charge in [0.25, 0.3) is 0 Å². The van der Waals surface area contributed by atoms with Gasteiger partial charge in [-0.25, -0.2) is 0 Å². The van der Waals surface area contributed by atoms with Crippen molar-refractivity contribution in [1.82, 2.24) is 9.47 Å². The number of hydrogen-bond acceptors (Lipinski definition) is 4. The van der Waals surface area contributed by atoms with Crippen LogP contribution in [0.1, 0.15) is 73.1 Å². The van der Waals surface area contributed by atoms with E-state index in [4.69, 9.17) is 4.43 Å². The smallest absolute Gasteiger partial charge is 0.192 e. The molecule has 3 heterocycles. The third-order valence-electron chi connectivity index (χ3n) is 6.96. The molecule has 1 N–H and O–H groups in total. The highest BCUT2D eigenvalue weighted by molar-refractivity contribution is 6.74. The Labute approximate surface area is 151 Å². The van der Waals surface area contributed by atoms with Gasteiger partial charge in [-0.2, -0.15) is 0 Å². The first-order valence-electron chi connectivity index (χ1n) is 9.37. The quantitative estimate of drug-likeness (QED) is 0.661. The van der Waals surface area contributed by atoms with Crippen molar-refractivity contribution in [3.8, 4) is 0 Å². The summed E-state index contributed by atoms with van der Waals surface area (Å²) in [4.78, 5) is 14.9. The molecule has 3 aliphatic rings. The highest BCUT2D eigenvalue weighted by Gasteiger charge is 2.55. The summed E-state index contributed by atoms with van der Waals surface area (Å²) in [6.45, 7) is 12.6. The van der Waals surface area contributed by atoms with Crippen LogP contribution >= 0.6 is 0 Å². The predicted molar refractivity (Wildman–Crippen MR) is 99.2 cm³/mol. The molecule has 0 spiro atoms. The van der Waals surface area contributed by atoms with Crippen LogP contribution in [0.2, 0.25) is 18.1 Å². The summed E-state index contributed by atoms with van der Waals surface area (Å²) in [5.74, 6) is 0.184. The van der Waals surface area contributed by atoms with E-state index in [0.717, 1.165) is 23.4 Å². The van der Waals surface area contributed by atoms with Gasteiger partial charge in [0.15, 0.2) is 14.1 Å². The fourth-order valence-corrected chi connectivity index (χ4v) is 5.18. The lowest BCUT2D eigenvalue weighted by atomic mass is 9.90. The number of aliphatic hydroxyl groups is 1. The van der Waals surface area contributed by atoms with Crippen LogP contribution in [0.4, 0.5) is 0 Å². The van der Waals surface area contributed by atoms with Crippen LogP contribution in [0.15, 0.2) is 0 Å². The number of rotatable bonds is 3. The monoisotopic (exact) mass is 362 g/mol. The first-order chi connectivity index (χ1) is 11.5. The predicted octanol–water partition coefficient (Wildman–Crippen LogP) is 3.39. The molecule has 0 amide bonds. The summed E-state index contributed by atoms with van der Waals surface area (Å²) in [6, 6.07) is 0.905. The van der Waals surface area contributed by atoms with E-state index in [-0.39, 0.29) is 10.8 Å². The third kappa shape index (κ3) is 2.41. The fourth-order valence-electron chi connectivity index (χ4n) is 4.24. The van der Waals surface area contributed by atoms with Crippen molar-refractivity contribution in [3.05, 3.63) is 22.5 Å². The maximum atomic E-state index is 12.6. The van der Waals surface area contributed by atoms with E-state index in [2.05, 4.69) is 50.4 Å². The molecule has 25 heavy (non-hydrogen) atoms. The van der Waals surface area contributed by atoms with Gasteiger partial charge in [-0.3, -0.25) is 9.69 Å². The Bertz CT molecular complexity index is 747. The SMILES string of the molecule is CN1[C@@H]2c3c(CO[Si](C)(C)C(C)(C)C)c4c(n3C[C@@H]21)C(=O)CCC4O. The number of aliphatic hydroxyl groups excluding tert-OH is 1. The minimum atomic E-state index is -1.89. The lowest BCUT2D eigenvalue weighted by Crippen LogP contribution is -2.40. The number of nitrogens with zero attached hydrogens (tertiary/aromatic N) is 2. The fraction of sp³-hybridized carbons (Fsp3) is 0.737. The molecule has 1 aliphatic carbocycles. The molecule has 0 radical (unpaired) electrons. The average molecular weight is 363 g/mol. The van der Waals surface area contributed by atoms with Crippen molar-refractivity contribution in [3.63, 3.8) is 0 Å². The summed E-state index contributed by atoms with van der Waals surface area (Å²) in [7, 11) is 0.248. The largest absolute Gasteiger partial charge is 0.412 e. The molecule has 1 aromatic rings. The van der Waals surface area contributed by atoms with Crippen molar-refractivity contribution in [1.29, 1.82) is 0 Å². The van der Waals surface area contributed by atoms with E-state index in [0.29, 0.717) is 31.5 Å². The Morgan fingerprint density at radius 1 is 1.32 bits per heavy atom. The molecule has 2 aliphatic heterocycles. The van der Waals surface area contributed by atoms with Crippen LogP contribution in [-0.2, 0) is 17.6 Å². The minimum Gasteiger partial charge on any atom is -0.412 e. The Morgan fingerprint density at radius 2 is 2.00 bits per heavy atom. The molecule has 0 bridgehead atoms. The molecule has 1 saturated heterocycles. The maximum absolute atomic E-state index is 12.6. The molecule has 0 saturated carbocycles. The number of ketones is 1. The summed E-state index contributed by atoms with van der Waals surface area (Å²) in [6.07, 6.45) is 0.448. The molecular weight excluding hydrogens is 332 g/mol. The van der Waals surface area contributed by atoms with E-state index < -0.39 is 14.4 Å². The number of fused-ring (bicyclic) bond motifs is 5. The van der Waals surface area contributed by atoms with Gasteiger partial charge in [-0.1, -0.05) is 20.8 Å². The Hall–Kier alpha value is -0.953. The zero-order valence-electron chi connectivity index (χ0n) is 16.2. The summed E-state index contributed by atoms with van der Waals surface area (Å²) >= 11 is 0. The van der Waals surface area contributed by atoms with E-state index in [9.17, 15) is 9.90 Å². The Balaban J connectivity index is 1.75. The summed E-state index contributed by atoms with van der Waals surface area (Å²) in [5, 5.41) is 10.8. The van der Waals surface area contributed by atoms with Crippen molar-refractivity contribution in [2.24, 2.45) is 0 Å². The molecule has 138 valence electrons. The van der Waals surface area contributed by atoms with Crippen LogP contribution in [0.25, 0.3) is 0 Å². The number of carbonyl (C=O) groups is 1. The summed E-state index contributed by atoms with van der Waals surface area (Å²) in [5.41, 5.74) is 3.95. The zero-order chi connectivity index (χ0) is 18.3. The van der Waals surface area contributed by atoms with Gasteiger partial charge >= 0.3 is 0 Å². The van der Waals surface area contributed by atoms with Crippen LogP contribution < -0.4 is 0 Å². The molecule has 1 aromatic heterocycles. The highest BCUT2D eigenvalue weighted by Crippen LogP contribution is 2.53. The topological polar surface area (TPSA) is 54.5 Å². The van der Waals surface area contributed by atoms with E-state index in [1.807, 2.05) is 0 Å². The van der Waals surface area contributed by atoms with Crippen LogP contribution in [0.3, 0.4) is 0 Å². The van der Waals surface area contributed by atoms with Gasteiger partial charge in [0.05, 0.1) is 24.4 Å². The van der Waals surface area contributed by atoms with Gasteiger partial charge < -0.3 is 14.1 Å². The standard InChI is InChI=1S/C19H30N2O3Si/c1-19(2,3)25(5,6)24-10-11-15-13(22)7-8-14(23)18(15)21-9-12-17(16(11)21)20(12)4/h12-13,17,22H,7-10H2,1-6H3/t12-,13?,17-,20?/m0/s1. The summed E-state index contributed by atoms with van der Waals surface area (Å²) < 4.78 is 8.69. The molecule has 6 heteroatoms. The first kappa shape index (κ1) is 17.5. The number of aromatic nitrogens is 1. The Morgan fingerprint density at radius 3 is 2.64 bits per heavy atom. The van der Waals surface area contributed by atoms with Crippen molar-refractivity contribution in [2.45, 2.75) is 83.1 Å². The second kappa shape index (κ2) is 5.28. The van der Waals surface area contributed by atoms with E-state index in [1.165, 1.54) is 5.69 Å². The van der Waals surface area contributed by atoms with E-state index >= 15 is 0 Å². The molecule has 5 nitrogen and oxygen atoms in total. The van der Waals surface area contributed by atoms with Gasteiger partial charge in [0.2, 0.25) is 0 Å². The number of Topliss-reactive ketones (excluding diaryl/α,β-unsaturated/α-hetero) is 1. The number of likely N-dealkylation sites (N-methyl/N-ethyl adjacent to an activating group) is 1. The molecular formula is C19H30N2O3Si. The molecule has 2 unspecified atom stereocenters. The number of hydrogen-bond donors (Lipinski definition) is 1. The maximum Gasteiger partial charge on any atom is 0.192 e. The Kier molecular flexibility index (Phi) is 3.69. The lowest BCUT2D eigenvalue weighted by molar-refractivity contribution is 0.0883. The van der Waals surface area contributed by atoms with Gasteiger partial charge in [0.1, 0.15) is 0 Å². The molecule has 1 fully saturated rings. The lowest BCUT2D eigenvalue weighted by Gasteiger charge is -2.36. The minimum absolute atomic E-state index is 0.142. The molecule has 4 atom stereocenters. The van der Waals surface area contributed by atoms with Crippen LogP contribution in [0, 0.1) is 0 Å². The zero-order valence-corrected chi connectivity index (χ0v) is 17.2. The molecule has 0 aromatic carbocycles. The van der Waals surface area contributed by atoms with Crippen LogP contribution in [0.5, 0.6) is 0 Å². The second-order valence-corrected chi connectivity index (χ2v) is 14.3. The first-order valence-corrected chi connectivity index (χ1v) is 12.3. The molecule has 4 rings (SSSR count). The van der Waals surface area contributed by atoms with Crippen LogP contribution in [-0.4, -0.2) is 41.8 Å². The van der Waals surface area contributed by atoms with Gasteiger partial charge in [0, 0.05) is 35.8 Å².